The quantitative estimate of drug-likeness (QED) is 0.804. The lowest BCUT2D eigenvalue weighted by atomic mass is 10.3. The van der Waals surface area contributed by atoms with Gasteiger partial charge in [-0.05, 0) is 6.92 Å². The van der Waals surface area contributed by atoms with Gasteiger partial charge in [-0.25, -0.2) is 14.8 Å². The van der Waals surface area contributed by atoms with Gasteiger partial charge < -0.3 is 19.3 Å². The molecule has 0 atom stereocenters. The van der Waals surface area contributed by atoms with Crippen LogP contribution in [0.15, 0.2) is 12.4 Å². The molecular weight excluding hydrogens is 248 g/mol. The Labute approximate surface area is 112 Å². The van der Waals surface area contributed by atoms with E-state index in [0.29, 0.717) is 25.6 Å². The fourth-order valence-electron chi connectivity index (χ4n) is 1.95. The second kappa shape index (κ2) is 6.21. The molecule has 0 saturated carbocycles. The molecule has 0 aliphatic carbocycles. The van der Waals surface area contributed by atoms with Gasteiger partial charge in [0.05, 0.1) is 13.7 Å². The molecule has 0 bridgehead atoms. The van der Waals surface area contributed by atoms with Gasteiger partial charge in [0.2, 0.25) is 5.88 Å². The van der Waals surface area contributed by atoms with Gasteiger partial charge in [0.25, 0.3) is 0 Å². The van der Waals surface area contributed by atoms with Crippen LogP contribution >= 0.6 is 0 Å². The summed E-state index contributed by atoms with van der Waals surface area (Å²) in [6.45, 7) is 4.91. The molecule has 1 aliphatic heterocycles. The molecule has 0 spiro atoms. The number of hydrogen-bond acceptors (Lipinski definition) is 6. The van der Waals surface area contributed by atoms with Gasteiger partial charge in [0.15, 0.2) is 0 Å². The smallest absolute Gasteiger partial charge is 0.409 e. The van der Waals surface area contributed by atoms with E-state index in [9.17, 15) is 4.79 Å². The molecule has 0 unspecified atom stereocenters. The fourth-order valence-corrected chi connectivity index (χ4v) is 1.95. The van der Waals surface area contributed by atoms with Gasteiger partial charge in [-0.15, -0.1) is 0 Å². The summed E-state index contributed by atoms with van der Waals surface area (Å²) in [5.74, 6) is 1.35. The molecule has 7 heteroatoms. The second-order valence-corrected chi connectivity index (χ2v) is 4.09. The Morgan fingerprint density at radius 3 is 2.68 bits per heavy atom. The summed E-state index contributed by atoms with van der Waals surface area (Å²) >= 11 is 0. The van der Waals surface area contributed by atoms with Crippen LogP contribution in [0.3, 0.4) is 0 Å². The molecule has 1 aromatic rings. The molecule has 7 nitrogen and oxygen atoms in total. The van der Waals surface area contributed by atoms with Crippen LogP contribution in [-0.4, -0.2) is 60.9 Å². The number of hydrogen-bond donors (Lipinski definition) is 0. The molecule has 19 heavy (non-hydrogen) atoms. The van der Waals surface area contributed by atoms with E-state index < -0.39 is 0 Å². The van der Waals surface area contributed by atoms with E-state index in [1.54, 1.807) is 25.0 Å². The van der Waals surface area contributed by atoms with Crippen molar-refractivity contribution in [2.24, 2.45) is 0 Å². The average molecular weight is 266 g/mol. The number of aromatic nitrogens is 2. The van der Waals surface area contributed by atoms with E-state index in [-0.39, 0.29) is 6.09 Å². The number of carbonyl (C=O) groups is 1. The molecule has 0 aromatic carbocycles. The number of anilines is 1. The van der Waals surface area contributed by atoms with Gasteiger partial charge in [-0.1, -0.05) is 0 Å². The molecule has 2 heterocycles. The third-order valence-corrected chi connectivity index (χ3v) is 2.97. The van der Waals surface area contributed by atoms with Crippen molar-refractivity contribution >= 4 is 11.9 Å². The Morgan fingerprint density at radius 1 is 1.32 bits per heavy atom. The number of amides is 1. The van der Waals surface area contributed by atoms with E-state index in [0.717, 1.165) is 18.9 Å². The third-order valence-electron chi connectivity index (χ3n) is 2.97. The number of ether oxygens (including phenoxy) is 2. The van der Waals surface area contributed by atoms with E-state index >= 15 is 0 Å². The Morgan fingerprint density at radius 2 is 2.05 bits per heavy atom. The maximum absolute atomic E-state index is 11.6. The first-order valence-electron chi connectivity index (χ1n) is 6.27. The summed E-state index contributed by atoms with van der Waals surface area (Å²) in [4.78, 5) is 23.6. The highest BCUT2D eigenvalue weighted by molar-refractivity contribution is 5.68. The number of carbonyl (C=O) groups excluding carboxylic acids is 1. The molecule has 1 amide bonds. The van der Waals surface area contributed by atoms with Crippen molar-refractivity contribution in [2.45, 2.75) is 6.92 Å². The second-order valence-electron chi connectivity index (χ2n) is 4.09. The SMILES string of the molecule is CCOC(=O)N1CCN(c2cc(OC)ncn2)CC1. The highest BCUT2D eigenvalue weighted by Gasteiger charge is 2.22. The minimum atomic E-state index is -0.248. The Bertz CT molecular complexity index is 433. The topological polar surface area (TPSA) is 67.8 Å². The van der Waals surface area contributed by atoms with Gasteiger partial charge in [-0.3, -0.25) is 0 Å². The van der Waals surface area contributed by atoms with Crippen molar-refractivity contribution in [3.63, 3.8) is 0 Å². The van der Waals surface area contributed by atoms with E-state index in [4.69, 9.17) is 9.47 Å². The first kappa shape index (κ1) is 13.4. The summed E-state index contributed by atoms with van der Waals surface area (Å²) in [6.07, 6.45) is 1.23. The molecule has 1 aromatic heterocycles. The van der Waals surface area contributed by atoms with E-state index in [1.165, 1.54) is 6.33 Å². The third kappa shape index (κ3) is 3.24. The number of methoxy groups -OCH3 is 1. The molecular formula is C12H18N4O3. The average Bonchev–Trinajstić information content (AvgIpc) is 2.48. The van der Waals surface area contributed by atoms with Crippen LogP contribution in [0.25, 0.3) is 0 Å². The van der Waals surface area contributed by atoms with E-state index in [2.05, 4.69) is 14.9 Å². The summed E-state index contributed by atoms with van der Waals surface area (Å²) in [6, 6.07) is 1.79. The summed E-state index contributed by atoms with van der Waals surface area (Å²) in [5, 5.41) is 0. The summed E-state index contributed by atoms with van der Waals surface area (Å²) < 4.78 is 10.1. The van der Waals surface area contributed by atoms with Crippen LogP contribution in [0.2, 0.25) is 0 Å². The molecule has 0 radical (unpaired) electrons. The first-order valence-corrected chi connectivity index (χ1v) is 6.27. The van der Waals surface area contributed by atoms with Crippen molar-refractivity contribution in [1.29, 1.82) is 0 Å². The lowest BCUT2D eigenvalue weighted by Crippen LogP contribution is -2.49. The molecule has 2 rings (SSSR count). The van der Waals surface area contributed by atoms with Gasteiger partial charge in [0, 0.05) is 32.2 Å². The number of nitrogens with zero attached hydrogens (tertiary/aromatic N) is 4. The van der Waals surface area contributed by atoms with Crippen molar-refractivity contribution in [3.8, 4) is 5.88 Å². The zero-order valence-electron chi connectivity index (χ0n) is 11.2. The predicted octanol–water partition coefficient (Wildman–Crippen LogP) is 0.764. The molecule has 1 saturated heterocycles. The van der Waals surface area contributed by atoms with Crippen LogP contribution in [0.1, 0.15) is 6.92 Å². The summed E-state index contributed by atoms with van der Waals surface area (Å²) in [5.41, 5.74) is 0. The van der Waals surface area contributed by atoms with Gasteiger partial charge in [-0.2, -0.15) is 0 Å². The number of rotatable bonds is 3. The van der Waals surface area contributed by atoms with Crippen molar-refractivity contribution in [1.82, 2.24) is 14.9 Å². The Balaban J connectivity index is 1.94. The minimum absolute atomic E-state index is 0.248. The maximum atomic E-state index is 11.6. The van der Waals surface area contributed by atoms with Crippen LogP contribution in [-0.2, 0) is 4.74 Å². The van der Waals surface area contributed by atoms with Crippen molar-refractivity contribution < 1.29 is 14.3 Å². The minimum Gasteiger partial charge on any atom is -0.481 e. The Kier molecular flexibility index (Phi) is 4.38. The lowest BCUT2D eigenvalue weighted by Gasteiger charge is -2.34. The Hall–Kier alpha value is -2.05. The van der Waals surface area contributed by atoms with Crippen LogP contribution < -0.4 is 9.64 Å². The standard InChI is InChI=1S/C12H18N4O3/c1-3-19-12(17)16-6-4-15(5-7-16)10-8-11(18-2)14-9-13-10/h8-9H,3-7H2,1-2H3. The van der Waals surface area contributed by atoms with Crippen molar-refractivity contribution in [2.75, 3.05) is 44.8 Å². The summed E-state index contributed by atoms with van der Waals surface area (Å²) in [7, 11) is 1.57. The molecule has 1 aliphatic rings. The van der Waals surface area contributed by atoms with Crippen molar-refractivity contribution in [3.05, 3.63) is 12.4 Å². The predicted molar refractivity (Wildman–Crippen MR) is 69.4 cm³/mol. The van der Waals surface area contributed by atoms with E-state index in [1.807, 2.05) is 0 Å². The maximum Gasteiger partial charge on any atom is 0.409 e. The zero-order valence-corrected chi connectivity index (χ0v) is 11.2. The largest absolute Gasteiger partial charge is 0.481 e. The highest BCUT2D eigenvalue weighted by atomic mass is 16.6. The molecule has 0 N–H and O–H groups in total. The van der Waals surface area contributed by atoms with Crippen LogP contribution in [0, 0.1) is 0 Å². The molecule has 1 fully saturated rings. The van der Waals surface area contributed by atoms with Gasteiger partial charge >= 0.3 is 6.09 Å². The first-order chi connectivity index (χ1) is 9.24. The molecule has 104 valence electrons. The monoisotopic (exact) mass is 266 g/mol. The van der Waals surface area contributed by atoms with Gasteiger partial charge in [0.1, 0.15) is 12.1 Å². The van der Waals surface area contributed by atoms with Crippen LogP contribution in [0.4, 0.5) is 10.6 Å². The normalized spacial score (nSPS) is 15.3. The fraction of sp³-hybridized carbons (Fsp3) is 0.583. The lowest BCUT2D eigenvalue weighted by molar-refractivity contribution is 0.105. The zero-order chi connectivity index (χ0) is 13.7. The van der Waals surface area contributed by atoms with Crippen LogP contribution in [0.5, 0.6) is 5.88 Å². The number of piperazine rings is 1. The highest BCUT2D eigenvalue weighted by Crippen LogP contribution is 2.17.